The molecule has 0 unspecified atom stereocenters. The Morgan fingerprint density at radius 3 is 2.60 bits per heavy atom. The molecule has 0 spiro atoms. The molecule has 0 radical (unpaired) electrons. The molecule has 1 aromatic heterocycles. The van der Waals surface area contributed by atoms with Gasteiger partial charge in [-0.3, -0.25) is 9.59 Å². The van der Waals surface area contributed by atoms with Crippen molar-refractivity contribution in [1.29, 1.82) is 0 Å². The van der Waals surface area contributed by atoms with E-state index in [0.29, 0.717) is 16.9 Å². The molecule has 1 aliphatic carbocycles. The summed E-state index contributed by atoms with van der Waals surface area (Å²) in [5.74, 6) is -0.879. The van der Waals surface area contributed by atoms with E-state index in [0.717, 1.165) is 18.5 Å². The van der Waals surface area contributed by atoms with Crippen molar-refractivity contribution < 1.29 is 19.1 Å². The van der Waals surface area contributed by atoms with Crippen LogP contribution in [-0.4, -0.2) is 29.9 Å². The summed E-state index contributed by atoms with van der Waals surface area (Å²) in [5.41, 5.74) is 2.21. The van der Waals surface area contributed by atoms with Gasteiger partial charge in [0.05, 0.1) is 12.8 Å². The first kappa shape index (κ1) is 16.8. The SMILES string of the molecule is COC(=O)c1[nH]c(C)cc1NC(=O)c1cccc(NC(=O)C2CC2)c1. The number of rotatable bonds is 5. The number of esters is 1. The molecule has 0 saturated heterocycles. The second-order valence-corrected chi connectivity index (χ2v) is 6.03. The number of carbonyl (C=O) groups is 3. The number of methoxy groups -OCH3 is 1. The number of H-pyrrole nitrogens is 1. The Kier molecular flexibility index (Phi) is 4.56. The average molecular weight is 341 g/mol. The molecule has 0 bridgehead atoms. The van der Waals surface area contributed by atoms with Gasteiger partial charge in [0, 0.05) is 22.9 Å². The van der Waals surface area contributed by atoms with Gasteiger partial charge in [-0.25, -0.2) is 4.79 Å². The molecule has 7 heteroatoms. The van der Waals surface area contributed by atoms with E-state index in [4.69, 9.17) is 4.74 Å². The lowest BCUT2D eigenvalue weighted by Gasteiger charge is -2.08. The van der Waals surface area contributed by atoms with Crippen LogP contribution in [-0.2, 0) is 9.53 Å². The van der Waals surface area contributed by atoms with E-state index in [1.54, 1.807) is 37.3 Å². The molecule has 1 heterocycles. The van der Waals surface area contributed by atoms with E-state index in [9.17, 15) is 14.4 Å². The standard InChI is InChI=1S/C18H19N3O4/c1-10-8-14(15(19-10)18(24)25-2)21-17(23)12-4-3-5-13(9-12)20-16(22)11-6-7-11/h3-5,8-9,11,19H,6-7H2,1-2H3,(H,20,22)(H,21,23). The van der Waals surface area contributed by atoms with Gasteiger partial charge in [0.15, 0.2) is 0 Å². The fraction of sp³-hybridized carbons (Fsp3) is 0.278. The first-order valence-electron chi connectivity index (χ1n) is 7.98. The largest absolute Gasteiger partial charge is 0.464 e. The van der Waals surface area contributed by atoms with Gasteiger partial charge in [-0.2, -0.15) is 0 Å². The fourth-order valence-electron chi connectivity index (χ4n) is 2.47. The predicted octanol–water partition coefficient (Wildman–Crippen LogP) is 2.71. The average Bonchev–Trinajstić information content (AvgIpc) is 3.38. The van der Waals surface area contributed by atoms with Gasteiger partial charge in [0.2, 0.25) is 5.91 Å². The number of aryl methyl sites for hydroxylation is 1. The minimum absolute atomic E-state index is 0.0215. The highest BCUT2D eigenvalue weighted by Gasteiger charge is 2.29. The molecule has 1 aromatic carbocycles. The molecule has 0 atom stereocenters. The monoisotopic (exact) mass is 341 g/mol. The van der Waals surface area contributed by atoms with Crippen molar-refractivity contribution in [2.45, 2.75) is 19.8 Å². The lowest BCUT2D eigenvalue weighted by molar-refractivity contribution is -0.117. The van der Waals surface area contributed by atoms with Crippen LogP contribution >= 0.6 is 0 Å². The number of carbonyl (C=O) groups excluding carboxylic acids is 3. The van der Waals surface area contributed by atoms with Gasteiger partial charge < -0.3 is 20.4 Å². The Morgan fingerprint density at radius 2 is 1.92 bits per heavy atom. The Balaban J connectivity index is 1.75. The zero-order chi connectivity index (χ0) is 18.0. The van der Waals surface area contributed by atoms with Crippen LogP contribution in [0.15, 0.2) is 30.3 Å². The number of amides is 2. The summed E-state index contributed by atoms with van der Waals surface area (Å²) >= 11 is 0. The molecule has 7 nitrogen and oxygen atoms in total. The van der Waals surface area contributed by atoms with Gasteiger partial charge >= 0.3 is 5.97 Å². The number of aromatic amines is 1. The summed E-state index contributed by atoms with van der Waals surface area (Å²) < 4.78 is 4.70. The van der Waals surface area contributed by atoms with Crippen LogP contribution in [0, 0.1) is 12.8 Å². The molecule has 3 N–H and O–H groups in total. The molecule has 1 saturated carbocycles. The van der Waals surface area contributed by atoms with Crippen LogP contribution in [0.3, 0.4) is 0 Å². The number of nitrogens with one attached hydrogen (secondary N) is 3. The number of aromatic nitrogens is 1. The molecule has 0 aliphatic heterocycles. The number of ether oxygens (including phenoxy) is 1. The maximum absolute atomic E-state index is 12.5. The Labute approximate surface area is 144 Å². The molecular weight excluding hydrogens is 322 g/mol. The van der Waals surface area contributed by atoms with E-state index in [-0.39, 0.29) is 23.4 Å². The second kappa shape index (κ2) is 6.80. The van der Waals surface area contributed by atoms with Gasteiger partial charge in [-0.15, -0.1) is 0 Å². The Bertz CT molecular complexity index is 837. The fourth-order valence-corrected chi connectivity index (χ4v) is 2.47. The second-order valence-electron chi connectivity index (χ2n) is 6.03. The molecule has 1 aliphatic rings. The summed E-state index contributed by atoms with van der Waals surface area (Å²) in [6.45, 7) is 1.77. The maximum atomic E-state index is 12.5. The van der Waals surface area contributed by atoms with Crippen molar-refractivity contribution >= 4 is 29.2 Å². The van der Waals surface area contributed by atoms with Crippen molar-refractivity contribution in [3.8, 4) is 0 Å². The lowest BCUT2D eigenvalue weighted by atomic mass is 10.1. The normalized spacial score (nSPS) is 13.2. The van der Waals surface area contributed by atoms with E-state index in [1.165, 1.54) is 7.11 Å². The minimum atomic E-state index is -0.561. The zero-order valence-corrected chi connectivity index (χ0v) is 14.0. The van der Waals surface area contributed by atoms with Crippen molar-refractivity contribution in [2.24, 2.45) is 5.92 Å². The first-order valence-corrected chi connectivity index (χ1v) is 7.98. The number of hydrogen-bond acceptors (Lipinski definition) is 4. The molecule has 2 amide bonds. The molecule has 3 rings (SSSR count). The third-order valence-electron chi connectivity index (χ3n) is 3.93. The van der Waals surface area contributed by atoms with Crippen molar-refractivity contribution in [3.05, 3.63) is 47.3 Å². The highest BCUT2D eigenvalue weighted by atomic mass is 16.5. The van der Waals surface area contributed by atoms with Crippen LogP contribution in [0.4, 0.5) is 11.4 Å². The minimum Gasteiger partial charge on any atom is -0.464 e. The quantitative estimate of drug-likeness (QED) is 0.728. The summed E-state index contributed by atoms with van der Waals surface area (Å²) in [7, 11) is 1.27. The van der Waals surface area contributed by atoms with Crippen LogP contribution in [0.25, 0.3) is 0 Å². The smallest absolute Gasteiger partial charge is 0.356 e. The summed E-state index contributed by atoms with van der Waals surface area (Å²) in [6.07, 6.45) is 1.82. The van der Waals surface area contributed by atoms with E-state index in [2.05, 4.69) is 15.6 Å². The topological polar surface area (TPSA) is 100 Å². The molecule has 130 valence electrons. The Hall–Kier alpha value is -3.09. The Morgan fingerprint density at radius 1 is 1.16 bits per heavy atom. The van der Waals surface area contributed by atoms with E-state index >= 15 is 0 Å². The van der Waals surface area contributed by atoms with Gasteiger partial charge in [-0.1, -0.05) is 6.07 Å². The summed E-state index contributed by atoms with van der Waals surface area (Å²) in [5, 5.41) is 5.50. The summed E-state index contributed by atoms with van der Waals surface area (Å²) in [6, 6.07) is 8.33. The third kappa shape index (κ3) is 3.88. The molecule has 25 heavy (non-hydrogen) atoms. The number of benzene rings is 1. The van der Waals surface area contributed by atoms with Crippen molar-refractivity contribution in [2.75, 3.05) is 17.7 Å². The molecule has 1 fully saturated rings. The van der Waals surface area contributed by atoms with Crippen molar-refractivity contribution in [3.63, 3.8) is 0 Å². The van der Waals surface area contributed by atoms with Crippen LogP contribution < -0.4 is 10.6 Å². The van der Waals surface area contributed by atoms with Crippen LogP contribution in [0.1, 0.15) is 39.4 Å². The molecular formula is C18H19N3O4. The number of anilines is 2. The van der Waals surface area contributed by atoms with E-state index < -0.39 is 5.97 Å². The van der Waals surface area contributed by atoms with Crippen LogP contribution in [0.5, 0.6) is 0 Å². The molecule has 2 aromatic rings. The van der Waals surface area contributed by atoms with E-state index in [1.807, 2.05) is 0 Å². The third-order valence-corrected chi connectivity index (χ3v) is 3.93. The maximum Gasteiger partial charge on any atom is 0.356 e. The highest BCUT2D eigenvalue weighted by molar-refractivity contribution is 6.08. The summed E-state index contributed by atoms with van der Waals surface area (Å²) in [4.78, 5) is 38.9. The number of hydrogen-bond donors (Lipinski definition) is 3. The highest BCUT2D eigenvalue weighted by Crippen LogP contribution is 2.30. The van der Waals surface area contributed by atoms with Gasteiger partial charge in [0.25, 0.3) is 5.91 Å². The van der Waals surface area contributed by atoms with Gasteiger partial charge in [0.1, 0.15) is 5.69 Å². The van der Waals surface area contributed by atoms with Crippen molar-refractivity contribution in [1.82, 2.24) is 4.98 Å². The first-order chi connectivity index (χ1) is 12.0. The lowest BCUT2D eigenvalue weighted by Crippen LogP contribution is -2.16. The van der Waals surface area contributed by atoms with Gasteiger partial charge in [-0.05, 0) is 44.0 Å². The zero-order valence-electron chi connectivity index (χ0n) is 14.0. The van der Waals surface area contributed by atoms with Crippen LogP contribution in [0.2, 0.25) is 0 Å². The predicted molar refractivity (Wildman–Crippen MR) is 92.6 cm³/mol.